The van der Waals surface area contributed by atoms with Crippen molar-refractivity contribution in [3.05, 3.63) is 24.3 Å². The SMILES string of the molecule is CCC(=NC(S)N=CN)C1=NCC=CC=C1. The van der Waals surface area contributed by atoms with Crippen molar-refractivity contribution in [3.8, 4) is 0 Å². The molecule has 1 unspecified atom stereocenters. The normalized spacial score (nSPS) is 18.6. The van der Waals surface area contributed by atoms with E-state index in [1.165, 1.54) is 6.34 Å². The van der Waals surface area contributed by atoms with E-state index in [1.807, 2.05) is 31.2 Å². The van der Waals surface area contributed by atoms with Crippen LogP contribution in [0.2, 0.25) is 0 Å². The van der Waals surface area contributed by atoms with E-state index < -0.39 is 5.50 Å². The summed E-state index contributed by atoms with van der Waals surface area (Å²) in [6.07, 6.45) is 9.86. The molecule has 1 heterocycles. The molecule has 0 amide bonds. The maximum absolute atomic E-state index is 5.19. The van der Waals surface area contributed by atoms with Crippen molar-refractivity contribution in [3.63, 3.8) is 0 Å². The Labute approximate surface area is 101 Å². The number of aliphatic imine (C=N–C) groups is 3. The van der Waals surface area contributed by atoms with E-state index in [1.54, 1.807) is 0 Å². The Balaban J connectivity index is 2.85. The van der Waals surface area contributed by atoms with Crippen molar-refractivity contribution >= 4 is 30.4 Å². The monoisotopic (exact) mass is 236 g/mol. The fourth-order valence-corrected chi connectivity index (χ4v) is 1.48. The van der Waals surface area contributed by atoms with E-state index in [2.05, 4.69) is 27.6 Å². The van der Waals surface area contributed by atoms with Gasteiger partial charge in [0.1, 0.15) is 0 Å². The van der Waals surface area contributed by atoms with Gasteiger partial charge in [-0.3, -0.25) is 9.98 Å². The summed E-state index contributed by atoms with van der Waals surface area (Å²) in [7, 11) is 0. The van der Waals surface area contributed by atoms with Crippen LogP contribution in [-0.2, 0) is 0 Å². The van der Waals surface area contributed by atoms with Crippen molar-refractivity contribution < 1.29 is 0 Å². The number of hydrogen-bond donors (Lipinski definition) is 2. The molecule has 1 aliphatic rings. The molecule has 1 atom stereocenters. The molecule has 0 saturated carbocycles. The smallest absolute Gasteiger partial charge is 0.185 e. The number of nitrogens with two attached hydrogens (primary N) is 1. The Kier molecular flexibility index (Phi) is 5.56. The van der Waals surface area contributed by atoms with Crippen LogP contribution >= 0.6 is 12.6 Å². The molecule has 0 radical (unpaired) electrons. The van der Waals surface area contributed by atoms with Gasteiger partial charge >= 0.3 is 0 Å². The molecule has 0 spiro atoms. The molecule has 1 aliphatic heterocycles. The van der Waals surface area contributed by atoms with E-state index in [0.717, 1.165) is 17.8 Å². The van der Waals surface area contributed by atoms with Gasteiger partial charge in [-0.15, -0.1) is 12.6 Å². The molecular formula is C11H16N4S. The zero-order valence-electron chi connectivity index (χ0n) is 9.24. The van der Waals surface area contributed by atoms with Crippen LogP contribution in [0.4, 0.5) is 0 Å². The summed E-state index contributed by atoms with van der Waals surface area (Å²) in [4.78, 5) is 12.6. The Morgan fingerprint density at radius 2 is 2.50 bits per heavy atom. The zero-order chi connectivity index (χ0) is 11.8. The van der Waals surface area contributed by atoms with Crippen LogP contribution in [-0.4, -0.2) is 29.8 Å². The lowest BCUT2D eigenvalue weighted by molar-refractivity contribution is 0.992. The molecular weight excluding hydrogens is 220 g/mol. The first-order valence-corrected chi connectivity index (χ1v) is 5.65. The van der Waals surface area contributed by atoms with Crippen LogP contribution in [0.3, 0.4) is 0 Å². The van der Waals surface area contributed by atoms with Gasteiger partial charge in [-0.1, -0.05) is 25.2 Å². The molecule has 2 N–H and O–H groups in total. The topological polar surface area (TPSA) is 63.1 Å². The van der Waals surface area contributed by atoms with Gasteiger partial charge in [0.05, 0.1) is 24.3 Å². The molecule has 16 heavy (non-hydrogen) atoms. The fraction of sp³-hybridized carbons (Fsp3) is 0.364. The Morgan fingerprint density at radius 3 is 3.19 bits per heavy atom. The average molecular weight is 236 g/mol. The zero-order valence-corrected chi connectivity index (χ0v) is 10.1. The minimum Gasteiger partial charge on any atom is -0.390 e. The highest BCUT2D eigenvalue weighted by Gasteiger charge is 2.06. The van der Waals surface area contributed by atoms with Gasteiger partial charge in [-0.2, -0.15) is 0 Å². The first-order valence-electron chi connectivity index (χ1n) is 5.14. The molecule has 4 nitrogen and oxygen atoms in total. The highest BCUT2D eigenvalue weighted by molar-refractivity contribution is 7.80. The van der Waals surface area contributed by atoms with E-state index in [4.69, 9.17) is 5.73 Å². The predicted molar refractivity (Wildman–Crippen MR) is 73.8 cm³/mol. The summed E-state index contributed by atoms with van der Waals surface area (Å²) in [6, 6.07) is 0. The maximum Gasteiger partial charge on any atom is 0.185 e. The third kappa shape index (κ3) is 4.02. The highest BCUT2D eigenvalue weighted by Crippen LogP contribution is 2.04. The Bertz CT molecular complexity index is 366. The van der Waals surface area contributed by atoms with Crippen molar-refractivity contribution in [1.82, 2.24) is 0 Å². The number of allylic oxidation sites excluding steroid dienone is 3. The van der Waals surface area contributed by atoms with Crippen LogP contribution < -0.4 is 5.73 Å². The molecule has 86 valence electrons. The van der Waals surface area contributed by atoms with Gasteiger partial charge in [-0.05, 0) is 12.5 Å². The third-order valence-electron chi connectivity index (χ3n) is 1.99. The van der Waals surface area contributed by atoms with Crippen molar-refractivity contribution in [1.29, 1.82) is 0 Å². The van der Waals surface area contributed by atoms with E-state index in [9.17, 15) is 0 Å². The van der Waals surface area contributed by atoms with Crippen LogP contribution in [0, 0.1) is 0 Å². The van der Waals surface area contributed by atoms with Gasteiger partial charge in [0.2, 0.25) is 0 Å². The summed E-state index contributed by atoms with van der Waals surface area (Å²) in [6.45, 7) is 2.71. The number of thiol groups is 1. The van der Waals surface area contributed by atoms with Gasteiger partial charge in [-0.25, -0.2) is 4.99 Å². The van der Waals surface area contributed by atoms with Crippen molar-refractivity contribution in [2.45, 2.75) is 18.8 Å². The Morgan fingerprint density at radius 1 is 1.69 bits per heavy atom. The first-order chi connectivity index (χ1) is 7.77. The molecule has 1 rings (SSSR count). The second kappa shape index (κ2) is 7.00. The average Bonchev–Trinajstić information content (AvgIpc) is 2.55. The molecule has 5 heteroatoms. The van der Waals surface area contributed by atoms with E-state index >= 15 is 0 Å². The lowest BCUT2D eigenvalue weighted by Gasteiger charge is -2.05. The van der Waals surface area contributed by atoms with Gasteiger partial charge in [0.25, 0.3) is 0 Å². The van der Waals surface area contributed by atoms with Gasteiger partial charge in [0.15, 0.2) is 5.50 Å². The lowest BCUT2D eigenvalue weighted by Crippen LogP contribution is -2.13. The molecule has 0 bridgehead atoms. The molecule has 0 fully saturated rings. The second-order valence-corrected chi connectivity index (χ2v) is 3.55. The largest absolute Gasteiger partial charge is 0.390 e. The lowest BCUT2D eigenvalue weighted by atomic mass is 10.1. The standard InChI is InChI=1S/C11H16N4S/c1-2-9(15-11(16)14-8-12)10-6-4-3-5-7-13-10/h3-6,8,11,16H,2,7H2,1H3,(H2,12,14). The maximum atomic E-state index is 5.19. The van der Waals surface area contributed by atoms with Gasteiger partial charge in [0, 0.05) is 0 Å². The summed E-state index contributed by atoms with van der Waals surface area (Å²) in [5, 5.41) is 0. The summed E-state index contributed by atoms with van der Waals surface area (Å²) >= 11 is 4.19. The minimum absolute atomic E-state index is 0.452. The molecule has 0 aliphatic carbocycles. The number of rotatable bonds is 4. The fourth-order valence-electron chi connectivity index (χ4n) is 1.27. The molecule has 0 aromatic heterocycles. The molecule has 0 aromatic rings. The third-order valence-corrected chi connectivity index (χ3v) is 2.24. The number of hydrogen-bond acceptors (Lipinski definition) is 4. The predicted octanol–water partition coefficient (Wildman–Crippen LogP) is 1.60. The minimum atomic E-state index is -0.452. The second-order valence-electron chi connectivity index (χ2n) is 3.09. The van der Waals surface area contributed by atoms with Crippen molar-refractivity contribution in [2.24, 2.45) is 20.7 Å². The van der Waals surface area contributed by atoms with Crippen LogP contribution in [0.5, 0.6) is 0 Å². The highest BCUT2D eigenvalue weighted by atomic mass is 32.1. The van der Waals surface area contributed by atoms with Gasteiger partial charge < -0.3 is 5.73 Å². The summed E-state index contributed by atoms with van der Waals surface area (Å²) in [5.41, 5.74) is 6.52. The van der Waals surface area contributed by atoms with E-state index in [0.29, 0.717) is 6.54 Å². The molecule has 0 aromatic carbocycles. The van der Waals surface area contributed by atoms with Crippen LogP contribution in [0.15, 0.2) is 39.3 Å². The molecule has 0 saturated heterocycles. The quantitative estimate of drug-likeness (QED) is 0.435. The van der Waals surface area contributed by atoms with Crippen molar-refractivity contribution in [2.75, 3.05) is 6.54 Å². The Hall–Kier alpha value is -1.36. The van der Waals surface area contributed by atoms with Crippen LogP contribution in [0.1, 0.15) is 13.3 Å². The van der Waals surface area contributed by atoms with Crippen LogP contribution in [0.25, 0.3) is 0 Å². The first kappa shape index (κ1) is 12.7. The number of nitrogens with zero attached hydrogens (tertiary/aromatic N) is 3. The summed E-state index contributed by atoms with van der Waals surface area (Å²) in [5.74, 6) is 0. The van der Waals surface area contributed by atoms with E-state index in [-0.39, 0.29) is 0 Å². The summed E-state index contributed by atoms with van der Waals surface area (Å²) < 4.78 is 0.